The van der Waals surface area contributed by atoms with Crippen molar-refractivity contribution in [1.82, 2.24) is 15.0 Å². The molecule has 0 unspecified atom stereocenters. The van der Waals surface area contributed by atoms with Crippen LogP contribution in [0.4, 0.5) is 29.2 Å². The normalized spacial score (nSPS) is 11.4. The molecule has 0 fully saturated rings. The van der Waals surface area contributed by atoms with Crippen molar-refractivity contribution in [3.05, 3.63) is 83.9 Å². The Morgan fingerprint density at radius 3 is 1.84 bits per heavy atom. The van der Waals surface area contributed by atoms with E-state index in [1.807, 2.05) is 6.07 Å². The number of nitrogens with zero attached hydrogens (tertiary/aromatic N) is 4. The van der Waals surface area contributed by atoms with Crippen LogP contribution < -0.4 is 74.6 Å². The topological polar surface area (TPSA) is 215 Å². The van der Waals surface area contributed by atoms with Crippen LogP contribution in [0, 0.1) is 0 Å². The third-order valence-corrected chi connectivity index (χ3v) is 7.76. The second kappa shape index (κ2) is 17.5. The molecule has 0 radical (unpaired) electrons. The summed E-state index contributed by atoms with van der Waals surface area (Å²) in [5, 5.41) is 24.8. The Labute approximate surface area is 307 Å². The molecular formula is C27H30N6Na2O8S2. The summed E-state index contributed by atoms with van der Waals surface area (Å²) in [5.41, 5.74) is 0.580. The molecule has 230 valence electrons. The van der Waals surface area contributed by atoms with E-state index in [9.17, 15) is 36.2 Å². The van der Waals surface area contributed by atoms with Gasteiger partial charge in [-0.2, -0.15) is 31.8 Å². The van der Waals surface area contributed by atoms with Gasteiger partial charge in [0.2, 0.25) is 17.8 Å². The molecule has 0 bridgehead atoms. The zero-order chi connectivity index (χ0) is 31.0. The second-order valence-corrected chi connectivity index (χ2v) is 11.6. The van der Waals surface area contributed by atoms with Crippen LogP contribution in [0.25, 0.3) is 12.2 Å². The number of hydrogen-bond donors (Lipinski definition) is 6. The number of nitrogens with one attached hydrogen (secondary N) is 2. The summed E-state index contributed by atoms with van der Waals surface area (Å²) >= 11 is 0. The van der Waals surface area contributed by atoms with Crippen molar-refractivity contribution in [2.24, 2.45) is 0 Å². The molecule has 4 rings (SSSR count). The molecule has 4 aromatic rings. The first-order valence-corrected chi connectivity index (χ1v) is 15.5. The Bertz CT molecular complexity index is 1840. The first kappa shape index (κ1) is 38.7. The zero-order valence-electron chi connectivity index (χ0n) is 26.4. The quantitative estimate of drug-likeness (QED) is 0.0475. The third kappa shape index (κ3) is 10.8. The van der Waals surface area contributed by atoms with E-state index in [2.05, 4.69) is 25.6 Å². The van der Waals surface area contributed by atoms with Crippen molar-refractivity contribution >= 4 is 61.6 Å². The van der Waals surface area contributed by atoms with Crippen LogP contribution in [0.3, 0.4) is 0 Å². The Morgan fingerprint density at radius 1 is 0.689 bits per heavy atom. The van der Waals surface area contributed by atoms with E-state index in [-0.39, 0.29) is 128 Å². The average Bonchev–Trinajstić information content (AvgIpc) is 2.95. The van der Waals surface area contributed by atoms with Gasteiger partial charge in [-0.1, -0.05) is 60.7 Å². The van der Waals surface area contributed by atoms with E-state index in [0.29, 0.717) is 5.69 Å². The predicted octanol–water partition coefficient (Wildman–Crippen LogP) is -2.95. The molecule has 0 spiro atoms. The van der Waals surface area contributed by atoms with E-state index in [4.69, 9.17) is 0 Å². The molecule has 0 aliphatic carbocycles. The first-order valence-electron chi connectivity index (χ1n) is 12.7. The van der Waals surface area contributed by atoms with E-state index >= 15 is 0 Å². The number of rotatable bonds is 13. The summed E-state index contributed by atoms with van der Waals surface area (Å²) < 4.78 is 68.4. The molecule has 14 nitrogen and oxygen atoms in total. The molecule has 1 aromatic heterocycles. The van der Waals surface area contributed by atoms with E-state index in [1.165, 1.54) is 59.5 Å². The molecule has 45 heavy (non-hydrogen) atoms. The largest absolute Gasteiger partial charge is 1.00 e. The molecule has 0 aliphatic rings. The molecule has 0 aliphatic heterocycles. The number of aliphatic hydroxyl groups is 2. The van der Waals surface area contributed by atoms with Crippen molar-refractivity contribution < 1.29 is 98.1 Å². The van der Waals surface area contributed by atoms with E-state index < -0.39 is 25.1 Å². The maximum absolute atomic E-state index is 12.6. The number of aliphatic hydroxyl groups excluding tert-OH is 2. The van der Waals surface area contributed by atoms with Crippen molar-refractivity contribution in [2.75, 3.05) is 41.8 Å². The Balaban J connectivity index is 0.00000529. The molecule has 18 heteroatoms. The second-order valence-electron chi connectivity index (χ2n) is 8.88. The van der Waals surface area contributed by atoms with Crippen LogP contribution in [0.15, 0.2) is 82.6 Å². The standard InChI is InChI=1S/C27H28N6O8S2.2Na.2H/c34-17-15-33(16-18-35)27-31-25(28-21-9-2-1-3-10-21)30-26(32-27)29-22-11-6-8-20(24(22)43(39,40)41)14-13-19-7-4-5-12-23(19)42(36,37)38;;;;/h1-14,34-35H,15-18H2,(H,36,37,38)(H,39,40,41)(H2,28,29,30,31,32);;;;/q;2*+1;2*-1/b14-13+;;;;. The average molecular weight is 677 g/mol. The minimum atomic E-state index is -4.87. The number of anilines is 5. The Hall–Kier alpha value is -2.45. The van der Waals surface area contributed by atoms with Gasteiger partial charge >= 0.3 is 59.1 Å². The van der Waals surface area contributed by atoms with Crippen molar-refractivity contribution in [1.29, 1.82) is 0 Å². The molecule has 6 N–H and O–H groups in total. The minimum Gasteiger partial charge on any atom is -1.00 e. The van der Waals surface area contributed by atoms with Gasteiger partial charge in [-0.05, 0) is 35.4 Å². The van der Waals surface area contributed by atoms with Gasteiger partial charge in [0.1, 0.15) is 9.79 Å². The summed E-state index contributed by atoms with van der Waals surface area (Å²) in [5.74, 6) is -0.0109. The molecule has 0 amide bonds. The number of para-hydroxylation sites is 1. The van der Waals surface area contributed by atoms with Gasteiger partial charge in [0.05, 0.1) is 18.9 Å². The van der Waals surface area contributed by atoms with Crippen LogP contribution in [-0.2, 0) is 20.2 Å². The zero-order valence-corrected chi connectivity index (χ0v) is 30.1. The first-order chi connectivity index (χ1) is 20.5. The maximum Gasteiger partial charge on any atom is 1.00 e. The molecule has 1 heterocycles. The van der Waals surface area contributed by atoms with Gasteiger partial charge in [-0.25, -0.2) is 0 Å². The fourth-order valence-corrected chi connectivity index (χ4v) is 5.56. The smallest absolute Gasteiger partial charge is 1.00 e. The number of hydrogen-bond acceptors (Lipinski definition) is 12. The van der Waals surface area contributed by atoms with Gasteiger partial charge in [-0.3, -0.25) is 9.11 Å². The van der Waals surface area contributed by atoms with Crippen LogP contribution >= 0.6 is 0 Å². The molecule has 0 atom stereocenters. The molecule has 0 saturated heterocycles. The molecular weight excluding hydrogens is 646 g/mol. The molecule has 0 saturated carbocycles. The van der Waals surface area contributed by atoms with Crippen LogP contribution in [0.1, 0.15) is 14.0 Å². The predicted molar refractivity (Wildman–Crippen MR) is 163 cm³/mol. The fourth-order valence-electron chi connectivity index (χ4n) is 4.05. The summed E-state index contributed by atoms with van der Waals surface area (Å²) in [6.07, 6.45) is 2.55. The van der Waals surface area contributed by atoms with Crippen molar-refractivity contribution in [3.8, 4) is 0 Å². The number of aromatic nitrogens is 3. The van der Waals surface area contributed by atoms with Crippen molar-refractivity contribution in [3.63, 3.8) is 0 Å². The van der Waals surface area contributed by atoms with E-state index in [0.717, 1.165) is 0 Å². The maximum atomic E-state index is 12.6. The third-order valence-electron chi connectivity index (χ3n) is 5.87. The monoisotopic (exact) mass is 676 g/mol. The van der Waals surface area contributed by atoms with E-state index in [1.54, 1.807) is 24.3 Å². The number of benzene rings is 3. The van der Waals surface area contributed by atoms with Gasteiger partial charge in [0, 0.05) is 18.8 Å². The molecule has 3 aromatic carbocycles. The van der Waals surface area contributed by atoms with Gasteiger partial charge in [0.25, 0.3) is 20.2 Å². The summed E-state index contributed by atoms with van der Waals surface area (Å²) in [4.78, 5) is 13.6. The van der Waals surface area contributed by atoms with Crippen molar-refractivity contribution in [2.45, 2.75) is 9.79 Å². The SMILES string of the molecule is O=S(=O)(O)c1ccccc1/C=C/c1cccc(Nc2nc(Nc3ccccc3)nc(N(CCO)CCO)n2)c1S(=O)(=O)O.[H-].[H-].[Na+].[Na+]. The van der Waals surface area contributed by atoms with Crippen LogP contribution in [0.5, 0.6) is 0 Å². The Kier molecular flexibility index (Phi) is 15.0. The fraction of sp³-hybridized carbons (Fsp3) is 0.148. The summed E-state index contributed by atoms with van der Waals surface area (Å²) in [6.45, 7) is -0.372. The van der Waals surface area contributed by atoms with Crippen LogP contribution in [0.2, 0.25) is 0 Å². The van der Waals surface area contributed by atoms with Gasteiger partial charge in [0.15, 0.2) is 0 Å². The summed E-state index contributed by atoms with van der Waals surface area (Å²) in [7, 11) is -9.44. The van der Waals surface area contributed by atoms with Gasteiger partial charge in [-0.15, -0.1) is 0 Å². The summed E-state index contributed by atoms with van der Waals surface area (Å²) in [6, 6.07) is 18.7. The van der Waals surface area contributed by atoms with Crippen LogP contribution in [-0.4, -0.2) is 77.4 Å². The Morgan fingerprint density at radius 2 is 1.24 bits per heavy atom. The van der Waals surface area contributed by atoms with Gasteiger partial charge < -0.3 is 28.6 Å². The minimum absolute atomic E-state index is 0.